The van der Waals surface area contributed by atoms with Gasteiger partial charge >= 0.3 is 0 Å². The highest BCUT2D eigenvalue weighted by Gasteiger charge is 2.17. The molecule has 8 rings (SSSR count). The second-order valence-electron chi connectivity index (χ2n) is 9.64. The molecular weight excluding hydrogens is 480 g/mol. The van der Waals surface area contributed by atoms with Gasteiger partial charge in [0.2, 0.25) is 0 Å². The van der Waals surface area contributed by atoms with Gasteiger partial charge in [-0.05, 0) is 36.4 Å². The molecule has 0 amide bonds. The molecule has 0 saturated carbocycles. The van der Waals surface area contributed by atoms with Gasteiger partial charge in [-0.3, -0.25) is 0 Å². The molecule has 8 aromatic rings. The molecule has 0 radical (unpaired) electrons. The van der Waals surface area contributed by atoms with Crippen molar-refractivity contribution in [2.45, 2.75) is 0 Å². The third-order valence-electron chi connectivity index (χ3n) is 7.38. The summed E-state index contributed by atoms with van der Waals surface area (Å²) < 4.78 is 5.05. The number of hydrogen-bond donors (Lipinski definition) is 0. The Balaban J connectivity index is 1.48. The van der Waals surface area contributed by atoms with Crippen LogP contribution in [0.3, 0.4) is 0 Å². The zero-order valence-electron chi connectivity index (χ0n) is 20.5. The topological polar surface area (TPSA) is 17.8 Å². The monoisotopic (exact) mass is 502 g/mol. The Kier molecular flexibility index (Phi) is 4.73. The van der Waals surface area contributed by atoms with Crippen LogP contribution in [0.4, 0.5) is 0 Å². The summed E-state index contributed by atoms with van der Waals surface area (Å²) in [7, 11) is 0. The van der Waals surface area contributed by atoms with Crippen molar-refractivity contribution < 1.29 is 0 Å². The Morgan fingerprint density at radius 2 is 1.05 bits per heavy atom. The minimum Gasteiger partial charge on any atom is -0.309 e. The first-order chi connectivity index (χ1) is 18.8. The summed E-state index contributed by atoms with van der Waals surface area (Å²) in [4.78, 5) is 5.11. The van der Waals surface area contributed by atoms with E-state index in [2.05, 4.69) is 138 Å². The van der Waals surface area contributed by atoms with E-state index in [1.165, 1.54) is 42.0 Å². The summed E-state index contributed by atoms with van der Waals surface area (Å²) >= 11 is 1.86. The highest BCUT2D eigenvalue weighted by Crippen LogP contribution is 2.41. The number of thiophene rings is 1. The lowest BCUT2D eigenvalue weighted by Crippen LogP contribution is -1.98. The first-order valence-corrected chi connectivity index (χ1v) is 13.6. The summed E-state index contributed by atoms with van der Waals surface area (Å²) in [5.74, 6) is 0. The minimum atomic E-state index is 0.968. The van der Waals surface area contributed by atoms with Gasteiger partial charge < -0.3 is 4.57 Å². The average Bonchev–Trinajstić information content (AvgIpc) is 3.51. The Labute approximate surface area is 224 Å². The summed E-state index contributed by atoms with van der Waals surface area (Å²) in [6, 6.07) is 47.6. The van der Waals surface area contributed by atoms with Gasteiger partial charge in [0.15, 0.2) is 0 Å². The van der Waals surface area contributed by atoms with Gasteiger partial charge in [-0.1, -0.05) is 97.1 Å². The number of nitrogens with zero attached hydrogens (tertiary/aromatic N) is 2. The number of fused-ring (bicyclic) bond motifs is 6. The largest absolute Gasteiger partial charge is 0.309 e. The zero-order valence-corrected chi connectivity index (χ0v) is 21.3. The van der Waals surface area contributed by atoms with Crippen molar-refractivity contribution in [3.63, 3.8) is 0 Å². The normalized spacial score (nSPS) is 11.7. The molecule has 0 aliphatic rings. The van der Waals surface area contributed by atoms with E-state index in [0.717, 1.165) is 28.2 Å². The molecule has 0 atom stereocenters. The van der Waals surface area contributed by atoms with Crippen molar-refractivity contribution in [2.24, 2.45) is 0 Å². The van der Waals surface area contributed by atoms with Crippen LogP contribution in [-0.4, -0.2) is 9.55 Å². The van der Waals surface area contributed by atoms with Crippen molar-refractivity contribution in [1.29, 1.82) is 0 Å². The van der Waals surface area contributed by atoms with E-state index in [0.29, 0.717) is 0 Å². The van der Waals surface area contributed by atoms with E-state index in [1.807, 2.05) is 11.3 Å². The zero-order chi connectivity index (χ0) is 25.1. The van der Waals surface area contributed by atoms with E-state index in [9.17, 15) is 0 Å². The quantitative estimate of drug-likeness (QED) is 0.235. The van der Waals surface area contributed by atoms with Crippen LogP contribution in [-0.2, 0) is 0 Å². The predicted molar refractivity (Wildman–Crippen MR) is 162 cm³/mol. The molecule has 0 fully saturated rings. The molecule has 0 bridgehead atoms. The van der Waals surface area contributed by atoms with Gasteiger partial charge in [0.05, 0.1) is 28.1 Å². The Morgan fingerprint density at radius 1 is 0.447 bits per heavy atom. The summed E-state index contributed by atoms with van der Waals surface area (Å²) in [5, 5.41) is 5.19. The Morgan fingerprint density at radius 3 is 1.76 bits per heavy atom. The molecular formula is C35H22N2S. The molecule has 178 valence electrons. The number of para-hydroxylation sites is 1. The molecule has 2 nitrogen and oxygen atoms in total. The van der Waals surface area contributed by atoms with E-state index < -0.39 is 0 Å². The molecule has 0 unspecified atom stereocenters. The van der Waals surface area contributed by atoms with E-state index in [4.69, 9.17) is 4.98 Å². The highest BCUT2D eigenvalue weighted by molar-refractivity contribution is 7.25. The van der Waals surface area contributed by atoms with Gasteiger partial charge in [-0.15, -0.1) is 11.3 Å². The van der Waals surface area contributed by atoms with E-state index in [-0.39, 0.29) is 0 Å². The molecule has 0 N–H and O–H groups in total. The first-order valence-electron chi connectivity index (χ1n) is 12.8. The maximum Gasteiger partial charge on any atom is 0.0730 e. The van der Waals surface area contributed by atoms with Gasteiger partial charge in [0.1, 0.15) is 0 Å². The number of pyridine rings is 1. The second kappa shape index (κ2) is 8.41. The predicted octanol–water partition coefficient (Wildman–Crippen LogP) is 9.88. The lowest BCUT2D eigenvalue weighted by molar-refractivity contribution is 1.16. The molecule has 38 heavy (non-hydrogen) atoms. The van der Waals surface area contributed by atoms with Crippen LogP contribution >= 0.6 is 11.3 Å². The van der Waals surface area contributed by atoms with Crippen LogP contribution in [0, 0.1) is 0 Å². The fourth-order valence-corrected chi connectivity index (χ4v) is 6.75. The van der Waals surface area contributed by atoms with Gasteiger partial charge in [0, 0.05) is 42.1 Å². The molecule has 3 aromatic heterocycles. The Bertz CT molecular complexity index is 2060. The standard InChI is InChI=1S/C35H22N2S/c1-3-11-23(12-4-1)30-19-25(20-31(36-30)24-13-5-2-6-14-24)37-32-17-9-7-15-26(32)28-21-29-27-16-8-10-18-34(27)38-35(29)22-33(28)37/h1-22H. The van der Waals surface area contributed by atoms with Crippen LogP contribution in [0.1, 0.15) is 0 Å². The number of rotatable bonds is 3. The van der Waals surface area contributed by atoms with Crippen LogP contribution < -0.4 is 0 Å². The fraction of sp³-hybridized carbons (Fsp3) is 0. The maximum atomic E-state index is 5.11. The highest BCUT2D eigenvalue weighted by atomic mass is 32.1. The maximum absolute atomic E-state index is 5.11. The molecule has 0 aliphatic heterocycles. The first kappa shape index (κ1) is 21.4. The summed E-state index contributed by atoms with van der Waals surface area (Å²) in [6.07, 6.45) is 0. The van der Waals surface area contributed by atoms with Crippen molar-refractivity contribution >= 4 is 53.3 Å². The molecule has 3 heterocycles. The molecule has 0 saturated heterocycles. The van der Waals surface area contributed by atoms with Crippen molar-refractivity contribution in [1.82, 2.24) is 9.55 Å². The van der Waals surface area contributed by atoms with Crippen LogP contribution in [0.25, 0.3) is 70.2 Å². The van der Waals surface area contributed by atoms with Crippen LogP contribution in [0.2, 0.25) is 0 Å². The van der Waals surface area contributed by atoms with Crippen molar-refractivity contribution in [3.8, 4) is 28.2 Å². The van der Waals surface area contributed by atoms with Crippen LogP contribution in [0.15, 0.2) is 133 Å². The minimum absolute atomic E-state index is 0.968. The molecule has 0 spiro atoms. The number of benzene rings is 5. The fourth-order valence-electron chi connectivity index (χ4n) is 5.62. The van der Waals surface area contributed by atoms with Crippen molar-refractivity contribution in [3.05, 3.63) is 133 Å². The molecule has 5 aromatic carbocycles. The number of hydrogen-bond acceptors (Lipinski definition) is 2. The third-order valence-corrected chi connectivity index (χ3v) is 8.51. The third kappa shape index (κ3) is 3.29. The molecule has 0 aliphatic carbocycles. The van der Waals surface area contributed by atoms with Crippen LogP contribution in [0.5, 0.6) is 0 Å². The summed E-state index contributed by atoms with van der Waals surface area (Å²) in [5.41, 5.74) is 7.69. The average molecular weight is 503 g/mol. The van der Waals surface area contributed by atoms with E-state index in [1.54, 1.807) is 0 Å². The lowest BCUT2D eigenvalue weighted by atomic mass is 10.1. The van der Waals surface area contributed by atoms with E-state index >= 15 is 0 Å². The van der Waals surface area contributed by atoms with Crippen molar-refractivity contribution in [2.75, 3.05) is 0 Å². The summed E-state index contributed by atoms with van der Waals surface area (Å²) in [6.45, 7) is 0. The Hall–Kier alpha value is -4.73. The SMILES string of the molecule is c1ccc(-c2cc(-n3c4ccccc4c4cc5c(cc43)sc3ccccc35)cc(-c3ccccc3)n2)cc1. The smallest absolute Gasteiger partial charge is 0.0730 e. The van der Waals surface area contributed by atoms with Gasteiger partial charge in [-0.25, -0.2) is 4.98 Å². The lowest BCUT2D eigenvalue weighted by Gasteiger charge is -2.13. The van der Waals surface area contributed by atoms with Gasteiger partial charge in [0.25, 0.3) is 0 Å². The number of aromatic nitrogens is 2. The second-order valence-corrected chi connectivity index (χ2v) is 10.7. The molecule has 3 heteroatoms. The van der Waals surface area contributed by atoms with Gasteiger partial charge in [-0.2, -0.15) is 0 Å².